The fourth-order valence-corrected chi connectivity index (χ4v) is 2.51. The Balaban J connectivity index is 2.38. The highest BCUT2D eigenvalue weighted by molar-refractivity contribution is 5.94. The Kier molecular flexibility index (Phi) is 3.19. The Morgan fingerprint density at radius 3 is 2.32 bits per heavy atom. The van der Waals surface area contributed by atoms with Gasteiger partial charge in [-0.1, -0.05) is 48.5 Å². The third-order valence-electron chi connectivity index (χ3n) is 3.92. The average molecular weight is 294 g/mol. The van der Waals surface area contributed by atoms with Crippen LogP contribution in [0, 0.1) is 0 Å². The van der Waals surface area contributed by atoms with Crippen molar-refractivity contribution in [3.63, 3.8) is 0 Å². The van der Waals surface area contributed by atoms with E-state index in [0.29, 0.717) is 16.2 Å². The molecule has 0 saturated heterocycles. The molecule has 0 spiro atoms. The molecule has 3 aromatic carbocycles. The van der Waals surface area contributed by atoms with Crippen LogP contribution < -0.4 is 5.43 Å². The molecule has 2 N–H and O–H groups in total. The van der Waals surface area contributed by atoms with Crippen molar-refractivity contribution in [1.29, 1.82) is 0 Å². The standard InChI is InChI=1S/C18H14O4/c1-18(22,17(20)21)13-8-9-15-12(10-13)7-6-11-4-2-3-5-14(11)16(15)19/h2-10,22H,1H3,(H,20,21)/t18-/m0/s1. The number of carboxylic acids is 1. The van der Waals surface area contributed by atoms with Crippen LogP contribution in [0.1, 0.15) is 12.5 Å². The average Bonchev–Trinajstić information content (AvgIpc) is 2.65. The van der Waals surface area contributed by atoms with E-state index < -0.39 is 11.6 Å². The van der Waals surface area contributed by atoms with Crippen molar-refractivity contribution in [2.24, 2.45) is 0 Å². The minimum Gasteiger partial charge on any atom is -0.479 e. The first-order chi connectivity index (χ1) is 10.4. The molecule has 0 amide bonds. The predicted octanol–water partition coefficient (Wildman–Crippen LogP) is 2.65. The number of carboxylic acid groups (broad SMARTS) is 1. The van der Waals surface area contributed by atoms with Crippen LogP contribution in [0.2, 0.25) is 0 Å². The lowest BCUT2D eigenvalue weighted by Crippen LogP contribution is -2.31. The first-order valence-electron chi connectivity index (χ1n) is 6.83. The third kappa shape index (κ3) is 2.14. The van der Waals surface area contributed by atoms with Crippen molar-refractivity contribution in [3.8, 4) is 0 Å². The lowest BCUT2D eigenvalue weighted by atomic mass is 9.94. The molecular formula is C18H14O4. The second kappa shape index (κ2) is 4.93. The van der Waals surface area contributed by atoms with Crippen LogP contribution in [0.25, 0.3) is 21.5 Å². The topological polar surface area (TPSA) is 74.6 Å². The van der Waals surface area contributed by atoms with Crippen LogP contribution >= 0.6 is 0 Å². The zero-order valence-corrected chi connectivity index (χ0v) is 11.9. The first-order valence-corrected chi connectivity index (χ1v) is 6.83. The number of fused-ring (bicyclic) bond motifs is 2. The Hall–Kier alpha value is -2.72. The van der Waals surface area contributed by atoms with Gasteiger partial charge in [0.15, 0.2) is 11.0 Å². The van der Waals surface area contributed by atoms with Gasteiger partial charge in [-0.05, 0) is 29.3 Å². The zero-order valence-electron chi connectivity index (χ0n) is 11.9. The summed E-state index contributed by atoms with van der Waals surface area (Å²) in [6.45, 7) is 1.22. The second-order valence-electron chi connectivity index (χ2n) is 5.43. The lowest BCUT2D eigenvalue weighted by molar-refractivity contribution is -0.157. The van der Waals surface area contributed by atoms with Crippen molar-refractivity contribution >= 4 is 27.5 Å². The summed E-state index contributed by atoms with van der Waals surface area (Å²) in [7, 11) is 0. The van der Waals surface area contributed by atoms with E-state index in [2.05, 4.69) is 0 Å². The molecule has 4 nitrogen and oxygen atoms in total. The van der Waals surface area contributed by atoms with E-state index in [9.17, 15) is 14.7 Å². The molecule has 0 bridgehead atoms. The zero-order chi connectivity index (χ0) is 15.9. The largest absolute Gasteiger partial charge is 0.479 e. The molecule has 0 fully saturated rings. The Labute approximate surface area is 126 Å². The highest BCUT2D eigenvalue weighted by atomic mass is 16.4. The number of carbonyl (C=O) groups is 1. The number of hydrogen-bond donors (Lipinski definition) is 2. The van der Waals surface area contributed by atoms with E-state index >= 15 is 0 Å². The second-order valence-corrected chi connectivity index (χ2v) is 5.43. The smallest absolute Gasteiger partial charge is 0.340 e. The summed E-state index contributed by atoms with van der Waals surface area (Å²) in [5.74, 6) is -1.33. The summed E-state index contributed by atoms with van der Waals surface area (Å²) in [6.07, 6.45) is 0. The fourth-order valence-electron chi connectivity index (χ4n) is 2.51. The van der Waals surface area contributed by atoms with Crippen LogP contribution in [-0.4, -0.2) is 16.2 Å². The molecule has 3 aromatic rings. The van der Waals surface area contributed by atoms with Gasteiger partial charge in [-0.2, -0.15) is 0 Å². The normalized spacial score (nSPS) is 13.9. The lowest BCUT2D eigenvalue weighted by Gasteiger charge is -2.18. The maximum absolute atomic E-state index is 12.6. The van der Waals surface area contributed by atoms with Gasteiger partial charge in [-0.3, -0.25) is 4.79 Å². The highest BCUT2D eigenvalue weighted by Crippen LogP contribution is 2.24. The van der Waals surface area contributed by atoms with Crippen molar-refractivity contribution in [3.05, 3.63) is 70.4 Å². The minimum atomic E-state index is -1.99. The van der Waals surface area contributed by atoms with E-state index in [4.69, 9.17) is 5.11 Å². The Bertz CT molecular complexity index is 958. The van der Waals surface area contributed by atoms with Crippen molar-refractivity contribution in [1.82, 2.24) is 0 Å². The van der Waals surface area contributed by atoms with E-state index in [1.807, 2.05) is 18.2 Å². The minimum absolute atomic E-state index is 0.114. The maximum atomic E-state index is 12.6. The first kappa shape index (κ1) is 14.2. The molecule has 3 rings (SSSR count). The fraction of sp³-hybridized carbons (Fsp3) is 0.111. The molecule has 1 atom stereocenters. The summed E-state index contributed by atoms with van der Waals surface area (Å²) >= 11 is 0. The molecular weight excluding hydrogens is 280 g/mol. The SMILES string of the molecule is C[C@@](O)(C(=O)O)c1ccc2c(=O)c3ccccc3ccc2c1. The number of benzene rings is 2. The highest BCUT2D eigenvalue weighted by Gasteiger charge is 2.32. The van der Waals surface area contributed by atoms with E-state index in [1.165, 1.54) is 13.0 Å². The predicted molar refractivity (Wildman–Crippen MR) is 84.9 cm³/mol. The van der Waals surface area contributed by atoms with E-state index in [-0.39, 0.29) is 11.0 Å². The maximum Gasteiger partial charge on any atom is 0.340 e. The molecule has 0 radical (unpaired) electrons. The Morgan fingerprint density at radius 1 is 0.955 bits per heavy atom. The molecule has 0 heterocycles. The monoisotopic (exact) mass is 294 g/mol. The summed E-state index contributed by atoms with van der Waals surface area (Å²) in [6, 6.07) is 15.4. The van der Waals surface area contributed by atoms with Gasteiger partial charge in [0.2, 0.25) is 0 Å². The van der Waals surface area contributed by atoms with Crippen LogP contribution in [0.5, 0.6) is 0 Å². The van der Waals surface area contributed by atoms with Crippen LogP contribution in [0.15, 0.2) is 59.4 Å². The number of rotatable bonds is 2. The van der Waals surface area contributed by atoms with Gasteiger partial charge in [0, 0.05) is 10.8 Å². The molecule has 0 unspecified atom stereocenters. The molecule has 0 aliphatic carbocycles. The summed E-state index contributed by atoms with van der Waals surface area (Å²) in [4.78, 5) is 23.8. The van der Waals surface area contributed by atoms with Gasteiger partial charge in [0.1, 0.15) is 0 Å². The van der Waals surface area contributed by atoms with E-state index in [0.717, 1.165) is 5.39 Å². The van der Waals surface area contributed by atoms with Crippen LogP contribution in [-0.2, 0) is 10.4 Å². The quantitative estimate of drug-likeness (QED) is 0.762. The number of aliphatic hydroxyl groups is 1. The molecule has 22 heavy (non-hydrogen) atoms. The molecule has 0 aliphatic heterocycles. The van der Waals surface area contributed by atoms with Gasteiger partial charge < -0.3 is 10.2 Å². The molecule has 0 aromatic heterocycles. The van der Waals surface area contributed by atoms with Crippen molar-refractivity contribution < 1.29 is 15.0 Å². The van der Waals surface area contributed by atoms with Gasteiger partial charge in [0.05, 0.1) is 0 Å². The van der Waals surface area contributed by atoms with Crippen molar-refractivity contribution in [2.45, 2.75) is 12.5 Å². The summed E-state index contributed by atoms with van der Waals surface area (Å²) in [5.41, 5.74) is -1.87. The van der Waals surface area contributed by atoms with Gasteiger partial charge in [-0.25, -0.2) is 4.79 Å². The van der Waals surface area contributed by atoms with Gasteiger partial charge in [-0.15, -0.1) is 0 Å². The molecule has 0 aliphatic rings. The number of aliphatic carboxylic acids is 1. The van der Waals surface area contributed by atoms with Gasteiger partial charge in [0.25, 0.3) is 0 Å². The van der Waals surface area contributed by atoms with Crippen LogP contribution in [0.3, 0.4) is 0 Å². The van der Waals surface area contributed by atoms with E-state index in [1.54, 1.807) is 30.3 Å². The number of hydrogen-bond acceptors (Lipinski definition) is 3. The molecule has 110 valence electrons. The Morgan fingerprint density at radius 2 is 1.59 bits per heavy atom. The summed E-state index contributed by atoms with van der Waals surface area (Å²) < 4.78 is 0. The summed E-state index contributed by atoms with van der Waals surface area (Å²) in [5, 5.41) is 21.7. The van der Waals surface area contributed by atoms with Crippen LogP contribution in [0.4, 0.5) is 0 Å². The van der Waals surface area contributed by atoms with Crippen molar-refractivity contribution in [2.75, 3.05) is 0 Å². The third-order valence-corrected chi connectivity index (χ3v) is 3.92. The molecule has 0 saturated carbocycles. The molecule has 4 heteroatoms. The van der Waals surface area contributed by atoms with Gasteiger partial charge >= 0.3 is 5.97 Å².